The molecular weight excluding hydrogens is 318 g/mol. The fraction of sp³-hybridized carbons (Fsp3) is 0.0667. The van der Waals surface area contributed by atoms with Crippen molar-refractivity contribution in [3.8, 4) is 10.6 Å². The van der Waals surface area contributed by atoms with E-state index in [-0.39, 0.29) is 0 Å². The molecule has 108 valence electrons. The van der Waals surface area contributed by atoms with Crippen molar-refractivity contribution in [2.24, 2.45) is 0 Å². The molecule has 0 unspecified atom stereocenters. The smallest absolute Gasteiger partial charge is 0.234 e. The molecule has 1 aromatic carbocycles. The fourth-order valence-corrected chi connectivity index (χ4v) is 3.15. The van der Waals surface area contributed by atoms with E-state index < -0.39 is 0 Å². The number of halogens is 1. The maximum atomic E-state index is 5.91. The maximum Gasteiger partial charge on any atom is 0.234 e. The molecule has 4 rings (SSSR count). The first kappa shape index (κ1) is 13.4. The lowest BCUT2D eigenvalue weighted by atomic mass is 10.1. The Hall–Kier alpha value is -2.31. The van der Waals surface area contributed by atoms with E-state index >= 15 is 0 Å². The first-order chi connectivity index (χ1) is 10.8. The zero-order valence-corrected chi connectivity index (χ0v) is 12.9. The summed E-state index contributed by atoms with van der Waals surface area (Å²) in [7, 11) is 0. The second-order valence-corrected chi connectivity index (χ2v) is 6.15. The van der Waals surface area contributed by atoms with E-state index in [1.807, 2.05) is 36.4 Å². The maximum absolute atomic E-state index is 5.91. The molecule has 4 aromatic rings. The molecule has 0 fully saturated rings. The number of nitrogens with zero attached hydrogens (tertiary/aromatic N) is 5. The summed E-state index contributed by atoms with van der Waals surface area (Å²) in [5.74, 6) is 0.814. The Morgan fingerprint density at radius 3 is 2.55 bits per heavy atom. The van der Waals surface area contributed by atoms with Gasteiger partial charge in [0, 0.05) is 29.4 Å². The van der Waals surface area contributed by atoms with Crippen molar-refractivity contribution >= 4 is 27.9 Å². The number of rotatable bonds is 3. The molecule has 0 amide bonds. The molecule has 7 heteroatoms. The molecule has 0 aliphatic rings. The van der Waals surface area contributed by atoms with Crippen molar-refractivity contribution in [2.45, 2.75) is 6.42 Å². The highest BCUT2D eigenvalue weighted by Gasteiger charge is 2.13. The highest BCUT2D eigenvalue weighted by atomic mass is 35.5. The SMILES string of the molecule is Clc1ccc(Cc2nnc3sc(-c4ccncc4)nn23)cc1. The van der Waals surface area contributed by atoms with Crippen molar-refractivity contribution in [2.75, 3.05) is 0 Å². The molecule has 0 saturated carbocycles. The number of benzene rings is 1. The highest BCUT2D eigenvalue weighted by molar-refractivity contribution is 7.19. The lowest BCUT2D eigenvalue weighted by Gasteiger charge is -1.98. The van der Waals surface area contributed by atoms with E-state index in [1.54, 1.807) is 16.9 Å². The molecule has 0 spiro atoms. The minimum Gasteiger partial charge on any atom is -0.265 e. The summed E-state index contributed by atoms with van der Waals surface area (Å²) in [6, 6.07) is 11.6. The first-order valence-electron chi connectivity index (χ1n) is 6.65. The predicted octanol–water partition coefficient (Wildman–Crippen LogP) is 3.49. The van der Waals surface area contributed by atoms with Crippen LogP contribution in [0.3, 0.4) is 0 Å². The summed E-state index contributed by atoms with van der Waals surface area (Å²) >= 11 is 7.42. The highest BCUT2D eigenvalue weighted by Crippen LogP contribution is 2.25. The number of hydrogen-bond donors (Lipinski definition) is 0. The van der Waals surface area contributed by atoms with Crippen molar-refractivity contribution in [3.05, 3.63) is 65.2 Å². The molecule has 0 saturated heterocycles. The van der Waals surface area contributed by atoms with Gasteiger partial charge in [-0.25, -0.2) is 0 Å². The molecule has 0 aliphatic carbocycles. The van der Waals surface area contributed by atoms with Gasteiger partial charge in [-0.05, 0) is 29.8 Å². The van der Waals surface area contributed by atoms with Crippen LogP contribution in [0.1, 0.15) is 11.4 Å². The van der Waals surface area contributed by atoms with Crippen molar-refractivity contribution < 1.29 is 0 Å². The third-order valence-corrected chi connectivity index (χ3v) is 4.46. The van der Waals surface area contributed by atoms with Crippen LogP contribution in [0.25, 0.3) is 15.5 Å². The molecule has 0 atom stereocenters. The van der Waals surface area contributed by atoms with Crippen LogP contribution in [0.2, 0.25) is 5.02 Å². The van der Waals surface area contributed by atoms with Crippen LogP contribution in [-0.2, 0) is 6.42 Å². The zero-order chi connectivity index (χ0) is 14.9. The summed E-state index contributed by atoms with van der Waals surface area (Å²) in [6.07, 6.45) is 4.18. The Morgan fingerprint density at radius 2 is 1.77 bits per heavy atom. The molecule has 0 radical (unpaired) electrons. The van der Waals surface area contributed by atoms with Crippen LogP contribution in [0, 0.1) is 0 Å². The standard InChI is InChI=1S/C15H10ClN5S/c16-12-3-1-10(2-4-12)9-13-18-19-15-21(13)20-14(22-15)11-5-7-17-8-6-11/h1-8H,9H2. The second kappa shape index (κ2) is 5.47. The molecule has 22 heavy (non-hydrogen) atoms. The van der Waals surface area contributed by atoms with Gasteiger partial charge in [-0.3, -0.25) is 4.98 Å². The second-order valence-electron chi connectivity index (χ2n) is 4.76. The van der Waals surface area contributed by atoms with E-state index in [4.69, 9.17) is 11.6 Å². The quantitative estimate of drug-likeness (QED) is 0.578. The van der Waals surface area contributed by atoms with Crippen molar-refractivity contribution in [3.63, 3.8) is 0 Å². The first-order valence-corrected chi connectivity index (χ1v) is 7.85. The molecule has 0 bridgehead atoms. The summed E-state index contributed by atoms with van der Waals surface area (Å²) in [5, 5.41) is 14.7. The molecule has 3 heterocycles. The van der Waals surface area contributed by atoms with Gasteiger partial charge in [-0.2, -0.15) is 9.61 Å². The molecule has 0 N–H and O–H groups in total. The van der Waals surface area contributed by atoms with Crippen LogP contribution in [0.15, 0.2) is 48.8 Å². The lowest BCUT2D eigenvalue weighted by molar-refractivity contribution is 0.854. The summed E-state index contributed by atoms with van der Waals surface area (Å²) in [5.41, 5.74) is 2.15. The third kappa shape index (κ3) is 2.47. The Labute approximate surface area is 135 Å². The van der Waals surface area contributed by atoms with Gasteiger partial charge < -0.3 is 0 Å². The average molecular weight is 328 g/mol. The zero-order valence-electron chi connectivity index (χ0n) is 11.3. The molecule has 0 aliphatic heterocycles. The Morgan fingerprint density at radius 1 is 1.00 bits per heavy atom. The monoisotopic (exact) mass is 327 g/mol. The van der Waals surface area contributed by atoms with Gasteiger partial charge in [0.1, 0.15) is 5.01 Å². The van der Waals surface area contributed by atoms with Gasteiger partial charge in [-0.15, -0.1) is 10.2 Å². The fourth-order valence-electron chi connectivity index (χ4n) is 2.16. The Kier molecular flexibility index (Phi) is 3.32. The largest absolute Gasteiger partial charge is 0.265 e. The topological polar surface area (TPSA) is 56.0 Å². The predicted molar refractivity (Wildman–Crippen MR) is 86.1 cm³/mol. The number of fused-ring (bicyclic) bond motifs is 1. The molecular formula is C15H10ClN5S. The van der Waals surface area contributed by atoms with E-state index in [1.165, 1.54) is 11.3 Å². The van der Waals surface area contributed by atoms with Crippen molar-refractivity contribution in [1.82, 2.24) is 24.8 Å². The van der Waals surface area contributed by atoms with Crippen LogP contribution in [0.4, 0.5) is 0 Å². The summed E-state index contributed by atoms with van der Waals surface area (Å²) in [6.45, 7) is 0. The van der Waals surface area contributed by atoms with Crippen LogP contribution in [-0.4, -0.2) is 24.8 Å². The summed E-state index contributed by atoms with van der Waals surface area (Å²) < 4.78 is 1.80. The van der Waals surface area contributed by atoms with E-state index in [0.717, 1.165) is 31.9 Å². The number of pyridine rings is 1. The third-order valence-electron chi connectivity index (χ3n) is 3.26. The van der Waals surface area contributed by atoms with Gasteiger partial charge >= 0.3 is 0 Å². The average Bonchev–Trinajstić information content (AvgIpc) is 3.12. The van der Waals surface area contributed by atoms with Crippen LogP contribution >= 0.6 is 22.9 Å². The van der Waals surface area contributed by atoms with Gasteiger partial charge in [0.2, 0.25) is 4.96 Å². The van der Waals surface area contributed by atoms with Crippen LogP contribution in [0.5, 0.6) is 0 Å². The Bertz CT molecular complexity index is 914. The van der Waals surface area contributed by atoms with Gasteiger partial charge in [-0.1, -0.05) is 35.1 Å². The minimum absolute atomic E-state index is 0.665. The van der Waals surface area contributed by atoms with Crippen LogP contribution < -0.4 is 0 Å². The molecule has 3 aromatic heterocycles. The van der Waals surface area contributed by atoms with Gasteiger partial charge in [0.15, 0.2) is 5.82 Å². The van der Waals surface area contributed by atoms with Gasteiger partial charge in [0.25, 0.3) is 0 Å². The van der Waals surface area contributed by atoms with E-state index in [0.29, 0.717) is 6.42 Å². The normalized spacial score (nSPS) is 11.1. The van der Waals surface area contributed by atoms with E-state index in [9.17, 15) is 0 Å². The minimum atomic E-state index is 0.665. The summed E-state index contributed by atoms with van der Waals surface area (Å²) in [4.78, 5) is 4.81. The number of hydrogen-bond acceptors (Lipinski definition) is 5. The van der Waals surface area contributed by atoms with E-state index in [2.05, 4.69) is 20.3 Å². The Balaban J connectivity index is 1.70. The van der Waals surface area contributed by atoms with Crippen molar-refractivity contribution in [1.29, 1.82) is 0 Å². The lowest BCUT2D eigenvalue weighted by Crippen LogP contribution is -1.97. The number of aromatic nitrogens is 5. The van der Waals surface area contributed by atoms with Gasteiger partial charge in [0.05, 0.1) is 0 Å². The molecule has 5 nitrogen and oxygen atoms in total.